The highest BCUT2D eigenvalue weighted by Gasteiger charge is 2.50. The van der Waals surface area contributed by atoms with Gasteiger partial charge in [0.05, 0.1) is 12.1 Å². The highest BCUT2D eigenvalue weighted by molar-refractivity contribution is 6.31. The molecule has 4 nitrogen and oxygen atoms in total. The molecule has 0 bridgehead atoms. The lowest BCUT2D eigenvalue weighted by Crippen LogP contribution is -2.29. The van der Waals surface area contributed by atoms with Crippen LogP contribution in [0.15, 0.2) is 41.7 Å². The summed E-state index contributed by atoms with van der Waals surface area (Å²) in [6.45, 7) is 2.65. The summed E-state index contributed by atoms with van der Waals surface area (Å²) in [5.41, 5.74) is 3.66. The number of anilines is 1. The molecule has 2 aromatic rings. The number of benzene rings is 1. The number of pyridine rings is 1. The zero-order valence-corrected chi connectivity index (χ0v) is 14.7. The number of fused-ring (bicyclic) bond motifs is 2. The molecule has 2 aliphatic heterocycles. The van der Waals surface area contributed by atoms with Crippen LogP contribution in [0.2, 0.25) is 5.02 Å². The van der Waals surface area contributed by atoms with Gasteiger partial charge in [-0.2, -0.15) is 0 Å². The number of aromatic nitrogens is 1. The summed E-state index contributed by atoms with van der Waals surface area (Å²) in [6, 6.07) is 8.03. The Hall–Kier alpha value is -1.91. The van der Waals surface area contributed by atoms with E-state index >= 15 is 0 Å². The first-order valence-electron chi connectivity index (χ1n) is 8.82. The first-order valence-corrected chi connectivity index (χ1v) is 9.20. The Morgan fingerprint density at radius 1 is 1.12 bits per heavy atom. The molecular formula is C20H20ClN3O. The number of halogens is 1. The van der Waals surface area contributed by atoms with Crippen molar-refractivity contribution in [2.24, 2.45) is 16.8 Å². The zero-order valence-electron chi connectivity index (χ0n) is 13.9. The van der Waals surface area contributed by atoms with E-state index in [-0.39, 0.29) is 0 Å². The van der Waals surface area contributed by atoms with Gasteiger partial charge >= 0.3 is 0 Å². The van der Waals surface area contributed by atoms with Gasteiger partial charge in [0.15, 0.2) is 0 Å². The van der Waals surface area contributed by atoms with Gasteiger partial charge in [-0.05, 0) is 65.6 Å². The first kappa shape index (κ1) is 15.4. The molecule has 1 saturated heterocycles. The van der Waals surface area contributed by atoms with Crippen LogP contribution in [0.25, 0.3) is 0 Å². The molecule has 3 aliphatic rings. The van der Waals surface area contributed by atoms with E-state index in [1.165, 1.54) is 5.69 Å². The number of aliphatic imine (C=N–C) groups is 1. The minimum atomic E-state index is -0.775. The van der Waals surface area contributed by atoms with Crippen LogP contribution >= 0.6 is 11.6 Å². The second-order valence-electron chi connectivity index (χ2n) is 7.56. The van der Waals surface area contributed by atoms with Crippen LogP contribution in [-0.2, 0) is 12.1 Å². The molecule has 1 aromatic carbocycles. The monoisotopic (exact) mass is 353 g/mol. The van der Waals surface area contributed by atoms with Crippen LogP contribution < -0.4 is 4.90 Å². The largest absolute Gasteiger partial charge is 0.385 e. The Bertz CT molecular complexity index is 838. The highest BCUT2D eigenvalue weighted by atomic mass is 35.5. The molecule has 0 amide bonds. The van der Waals surface area contributed by atoms with Crippen molar-refractivity contribution in [3.05, 3.63) is 58.4 Å². The normalized spacial score (nSPS) is 29.9. The van der Waals surface area contributed by atoms with Crippen LogP contribution in [0, 0.1) is 11.8 Å². The van der Waals surface area contributed by atoms with Crippen LogP contribution in [-0.4, -0.2) is 29.4 Å². The molecule has 1 N–H and O–H groups in total. The van der Waals surface area contributed by atoms with Crippen LogP contribution in [0.5, 0.6) is 0 Å². The van der Waals surface area contributed by atoms with Gasteiger partial charge in [0.2, 0.25) is 0 Å². The van der Waals surface area contributed by atoms with E-state index in [0.717, 1.165) is 42.6 Å². The van der Waals surface area contributed by atoms with Crippen LogP contribution in [0.1, 0.15) is 29.5 Å². The molecule has 0 radical (unpaired) electrons. The highest BCUT2D eigenvalue weighted by Crippen LogP contribution is 2.51. The van der Waals surface area contributed by atoms with Gasteiger partial charge in [-0.1, -0.05) is 11.6 Å². The van der Waals surface area contributed by atoms with Gasteiger partial charge in [-0.3, -0.25) is 9.98 Å². The molecule has 1 unspecified atom stereocenters. The van der Waals surface area contributed by atoms with Crippen molar-refractivity contribution < 1.29 is 5.11 Å². The van der Waals surface area contributed by atoms with E-state index in [9.17, 15) is 5.11 Å². The molecule has 1 aliphatic carbocycles. The van der Waals surface area contributed by atoms with Gasteiger partial charge in [-0.15, -0.1) is 0 Å². The molecule has 2 fully saturated rings. The van der Waals surface area contributed by atoms with E-state index in [0.29, 0.717) is 23.4 Å². The van der Waals surface area contributed by atoms with Gasteiger partial charge in [0.25, 0.3) is 0 Å². The molecule has 5 heteroatoms. The fourth-order valence-electron chi connectivity index (χ4n) is 4.94. The fraction of sp³-hybridized carbons (Fsp3) is 0.400. The number of nitrogens with zero attached hydrogens (tertiary/aromatic N) is 3. The lowest BCUT2D eigenvalue weighted by Gasteiger charge is -2.29. The van der Waals surface area contributed by atoms with Gasteiger partial charge in [0, 0.05) is 42.4 Å². The smallest absolute Gasteiger partial charge is 0.0907 e. The maximum absolute atomic E-state index is 11.5. The van der Waals surface area contributed by atoms with Crippen LogP contribution in [0.3, 0.4) is 0 Å². The third kappa shape index (κ3) is 2.47. The lowest BCUT2D eigenvalue weighted by atomic mass is 9.85. The molecule has 3 atom stereocenters. The Labute approximate surface area is 152 Å². The van der Waals surface area contributed by atoms with E-state index in [1.807, 2.05) is 30.7 Å². The Morgan fingerprint density at radius 2 is 1.84 bits per heavy atom. The minimum absolute atomic E-state index is 0.509. The molecule has 25 heavy (non-hydrogen) atoms. The first-order chi connectivity index (χ1) is 12.1. The topological polar surface area (TPSA) is 48.7 Å². The van der Waals surface area contributed by atoms with E-state index in [1.54, 1.807) is 0 Å². The maximum Gasteiger partial charge on any atom is 0.0907 e. The SMILES string of the molecule is OC1(c2cc(Cl)cc3c2CN=C3)C[C@H]2CN(c3ccncc3)C[C@H]2C1. The number of rotatable bonds is 2. The van der Waals surface area contributed by atoms with Gasteiger partial charge in [-0.25, -0.2) is 0 Å². The van der Waals surface area contributed by atoms with Crippen molar-refractivity contribution >= 4 is 23.5 Å². The summed E-state index contributed by atoms with van der Waals surface area (Å²) in [7, 11) is 0. The maximum atomic E-state index is 11.5. The van der Waals surface area contributed by atoms with E-state index < -0.39 is 5.60 Å². The lowest BCUT2D eigenvalue weighted by molar-refractivity contribution is 0.0357. The molecule has 1 saturated carbocycles. The van der Waals surface area contributed by atoms with Crippen molar-refractivity contribution in [1.29, 1.82) is 0 Å². The number of hydrogen-bond acceptors (Lipinski definition) is 4. The Kier molecular flexibility index (Phi) is 3.41. The molecule has 0 spiro atoms. The van der Waals surface area contributed by atoms with Crippen molar-refractivity contribution in [2.45, 2.75) is 25.0 Å². The number of aliphatic hydroxyl groups is 1. The second kappa shape index (κ2) is 5.55. The standard InChI is InChI=1S/C20H20ClN3O/c21-16-5-13-9-23-10-18(13)19(6-16)20(25)7-14-11-24(12-15(14)8-20)17-1-3-22-4-2-17/h1-6,9,14-15,25H,7-8,10-12H2/t14-,15+,20?. The second-order valence-corrected chi connectivity index (χ2v) is 8.00. The summed E-state index contributed by atoms with van der Waals surface area (Å²) >= 11 is 6.31. The summed E-state index contributed by atoms with van der Waals surface area (Å²) in [5.74, 6) is 1.02. The molecule has 5 rings (SSSR count). The quantitative estimate of drug-likeness (QED) is 0.900. The summed E-state index contributed by atoms with van der Waals surface area (Å²) in [4.78, 5) is 10.9. The zero-order chi connectivity index (χ0) is 17.0. The molecule has 1 aromatic heterocycles. The van der Waals surface area contributed by atoms with Gasteiger partial charge < -0.3 is 10.0 Å². The average Bonchev–Trinajstić information content (AvgIpc) is 3.28. The Balaban J connectivity index is 1.41. The fourth-order valence-corrected chi connectivity index (χ4v) is 5.16. The third-order valence-corrected chi connectivity index (χ3v) is 6.25. The van der Waals surface area contributed by atoms with Crippen molar-refractivity contribution in [1.82, 2.24) is 4.98 Å². The summed E-state index contributed by atoms with van der Waals surface area (Å²) in [5, 5.41) is 12.2. The van der Waals surface area contributed by atoms with Crippen molar-refractivity contribution in [3.8, 4) is 0 Å². The van der Waals surface area contributed by atoms with Crippen LogP contribution in [0.4, 0.5) is 5.69 Å². The predicted octanol–water partition coefficient (Wildman–Crippen LogP) is 3.40. The average molecular weight is 354 g/mol. The minimum Gasteiger partial charge on any atom is -0.385 e. The van der Waals surface area contributed by atoms with E-state index in [4.69, 9.17) is 11.6 Å². The Morgan fingerprint density at radius 3 is 2.56 bits per heavy atom. The number of hydrogen-bond donors (Lipinski definition) is 1. The predicted molar refractivity (Wildman–Crippen MR) is 99.3 cm³/mol. The van der Waals surface area contributed by atoms with Gasteiger partial charge in [0.1, 0.15) is 0 Å². The third-order valence-electron chi connectivity index (χ3n) is 6.03. The van der Waals surface area contributed by atoms with E-state index in [2.05, 4.69) is 27.0 Å². The molecular weight excluding hydrogens is 334 g/mol. The summed E-state index contributed by atoms with van der Waals surface area (Å²) in [6.07, 6.45) is 7.15. The van der Waals surface area contributed by atoms with Crippen molar-refractivity contribution in [3.63, 3.8) is 0 Å². The molecule has 128 valence electrons. The molecule has 3 heterocycles. The summed E-state index contributed by atoms with van der Waals surface area (Å²) < 4.78 is 0. The van der Waals surface area contributed by atoms with Crippen molar-refractivity contribution in [2.75, 3.05) is 18.0 Å².